The highest BCUT2D eigenvalue weighted by Gasteiger charge is 2.45. The first kappa shape index (κ1) is 21.0. The molecule has 0 N–H and O–H groups in total. The van der Waals surface area contributed by atoms with Gasteiger partial charge in [-0.3, -0.25) is 4.79 Å². The minimum atomic E-state index is -3.46. The van der Waals surface area contributed by atoms with Crippen LogP contribution in [0.15, 0.2) is 42.5 Å². The molecule has 1 heterocycles. The van der Waals surface area contributed by atoms with Gasteiger partial charge < -0.3 is 4.74 Å². The molecule has 0 unspecified atom stereocenters. The van der Waals surface area contributed by atoms with Crippen LogP contribution in [0.25, 0.3) is 10.8 Å². The predicted molar refractivity (Wildman–Crippen MR) is 115 cm³/mol. The average Bonchev–Trinajstić information content (AvgIpc) is 3.11. The van der Waals surface area contributed by atoms with Crippen LogP contribution in [0.4, 0.5) is 0 Å². The quantitative estimate of drug-likeness (QED) is 0.523. The van der Waals surface area contributed by atoms with Crippen molar-refractivity contribution in [2.24, 2.45) is 5.92 Å². The first-order chi connectivity index (χ1) is 13.1. The lowest BCUT2D eigenvalue weighted by molar-refractivity contribution is -0.146. The van der Waals surface area contributed by atoms with E-state index in [1.165, 1.54) is 7.11 Å². The van der Waals surface area contributed by atoms with E-state index in [1.54, 1.807) is 4.31 Å². The summed E-state index contributed by atoms with van der Waals surface area (Å²) in [4.78, 5) is 12.4. The number of rotatable bonds is 6. The second kappa shape index (κ2) is 7.97. The fraction of sp³-hybridized carbons (Fsp3) is 0.476. The Kier molecular flexibility index (Phi) is 5.98. The number of carbonyl (C=O) groups excluding carboxylic acids is 1. The molecule has 2 atom stereocenters. The average molecular weight is 420 g/mol. The SMILES string of the molecule is COC(=O)[C@H]1CCN(S(=O)(=O)CC[Si](C)(C)C)[C@@H]1c1ccc2ccccc2c1. The molecule has 0 bridgehead atoms. The Bertz CT molecular complexity index is 968. The Hall–Kier alpha value is -1.70. The summed E-state index contributed by atoms with van der Waals surface area (Å²) >= 11 is 0. The minimum absolute atomic E-state index is 0.140. The van der Waals surface area contributed by atoms with Crippen LogP contribution in [0, 0.1) is 5.92 Å². The summed E-state index contributed by atoms with van der Waals surface area (Å²) in [5, 5.41) is 2.13. The van der Waals surface area contributed by atoms with Gasteiger partial charge in [0.2, 0.25) is 10.0 Å². The number of sulfonamides is 1. The van der Waals surface area contributed by atoms with Gasteiger partial charge in [-0.05, 0) is 34.9 Å². The van der Waals surface area contributed by atoms with Gasteiger partial charge in [0.15, 0.2) is 0 Å². The molecule has 2 aromatic rings. The van der Waals surface area contributed by atoms with Crippen LogP contribution in [-0.4, -0.2) is 46.2 Å². The van der Waals surface area contributed by atoms with Crippen molar-refractivity contribution in [3.05, 3.63) is 48.0 Å². The van der Waals surface area contributed by atoms with Gasteiger partial charge in [-0.15, -0.1) is 0 Å². The van der Waals surface area contributed by atoms with Crippen LogP contribution in [0.2, 0.25) is 25.7 Å². The lowest BCUT2D eigenvalue weighted by Gasteiger charge is -2.28. The van der Waals surface area contributed by atoms with E-state index < -0.39 is 30.1 Å². The van der Waals surface area contributed by atoms with Crippen LogP contribution in [0.5, 0.6) is 0 Å². The van der Waals surface area contributed by atoms with Crippen molar-refractivity contribution in [2.75, 3.05) is 19.4 Å². The number of ether oxygens (including phenoxy) is 1. The van der Waals surface area contributed by atoms with Gasteiger partial charge in [-0.2, -0.15) is 4.31 Å². The fourth-order valence-electron chi connectivity index (χ4n) is 3.82. The molecule has 0 radical (unpaired) electrons. The molecule has 7 heteroatoms. The number of hydrogen-bond donors (Lipinski definition) is 0. The summed E-state index contributed by atoms with van der Waals surface area (Å²) < 4.78 is 32.9. The maximum Gasteiger partial charge on any atom is 0.310 e. The Morgan fingerprint density at radius 1 is 1.14 bits per heavy atom. The molecule has 0 aliphatic carbocycles. The molecule has 1 aliphatic rings. The van der Waals surface area contributed by atoms with Crippen molar-refractivity contribution in [3.63, 3.8) is 0 Å². The molecular weight excluding hydrogens is 390 g/mol. The molecule has 1 fully saturated rings. The van der Waals surface area contributed by atoms with Crippen LogP contribution in [0.3, 0.4) is 0 Å². The summed E-state index contributed by atoms with van der Waals surface area (Å²) in [7, 11) is -3.59. The molecule has 1 saturated heterocycles. The first-order valence-corrected chi connectivity index (χ1v) is 15.0. The Balaban J connectivity index is 2.00. The van der Waals surface area contributed by atoms with Gasteiger partial charge in [-0.25, -0.2) is 8.42 Å². The van der Waals surface area contributed by atoms with Crippen LogP contribution >= 0.6 is 0 Å². The van der Waals surface area contributed by atoms with E-state index in [-0.39, 0.29) is 11.7 Å². The van der Waals surface area contributed by atoms with E-state index in [1.807, 2.05) is 42.5 Å². The fourth-order valence-corrected chi connectivity index (χ4v) is 8.53. The lowest BCUT2D eigenvalue weighted by Crippen LogP contribution is -2.37. The molecule has 28 heavy (non-hydrogen) atoms. The zero-order valence-electron chi connectivity index (χ0n) is 17.0. The second-order valence-corrected chi connectivity index (χ2v) is 16.4. The highest BCUT2D eigenvalue weighted by molar-refractivity contribution is 7.89. The highest BCUT2D eigenvalue weighted by atomic mass is 32.2. The standard InChI is InChI=1S/C21H29NO4SSi/c1-26-21(23)19-11-12-22(27(24,25)13-14-28(2,3)4)20(19)18-10-9-16-7-5-6-8-17(16)15-18/h5-10,15,19-20H,11-14H2,1-4H3/t19-,20+/m0/s1. The minimum Gasteiger partial charge on any atom is -0.469 e. The third-order valence-corrected chi connectivity index (χ3v) is 9.39. The van der Waals surface area contributed by atoms with Crippen molar-refractivity contribution in [1.29, 1.82) is 0 Å². The van der Waals surface area contributed by atoms with Crippen LogP contribution in [-0.2, 0) is 19.6 Å². The Morgan fingerprint density at radius 3 is 2.46 bits per heavy atom. The number of methoxy groups -OCH3 is 1. The summed E-state index contributed by atoms with van der Waals surface area (Å²) in [5.74, 6) is -0.686. The number of carbonyl (C=O) groups is 1. The monoisotopic (exact) mass is 419 g/mol. The van der Waals surface area contributed by atoms with E-state index in [4.69, 9.17) is 4.74 Å². The van der Waals surface area contributed by atoms with Gasteiger partial charge in [0.25, 0.3) is 0 Å². The normalized spacial score (nSPS) is 21.1. The van der Waals surface area contributed by atoms with Gasteiger partial charge in [-0.1, -0.05) is 56.0 Å². The van der Waals surface area contributed by atoms with Gasteiger partial charge in [0, 0.05) is 14.6 Å². The molecule has 152 valence electrons. The van der Waals surface area contributed by atoms with Crippen molar-refractivity contribution >= 4 is 34.8 Å². The Morgan fingerprint density at radius 2 is 1.82 bits per heavy atom. The van der Waals surface area contributed by atoms with Crippen LogP contribution in [0.1, 0.15) is 18.0 Å². The third kappa shape index (κ3) is 4.47. The van der Waals surface area contributed by atoms with E-state index in [0.717, 1.165) is 16.3 Å². The molecule has 0 saturated carbocycles. The largest absolute Gasteiger partial charge is 0.469 e. The zero-order valence-corrected chi connectivity index (χ0v) is 18.8. The van der Waals surface area contributed by atoms with E-state index in [0.29, 0.717) is 19.0 Å². The molecule has 3 rings (SSSR count). The molecule has 2 aromatic carbocycles. The van der Waals surface area contributed by atoms with Crippen molar-refractivity contribution < 1.29 is 17.9 Å². The third-order valence-electron chi connectivity index (χ3n) is 5.44. The highest BCUT2D eigenvalue weighted by Crippen LogP contribution is 2.41. The van der Waals surface area contributed by atoms with Crippen molar-refractivity contribution in [1.82, 2.24) is 4.31 Å². The lowest BCUT2D eigenvalue weighted by atomic mass is 9.93. The van der Waals surface area contributed by atoms with Crippen molar-refractivity contribution in [2.45, 2.75) is 38.1 Å². The summed E-state index contributed by atoms with van der Waals surface area (Å²) in [5.41, 5.74) is 0.850. The number of esters is 1. The number of benzene rings is 2. The van der Waals surface area contributed by atoms with Crippen molar-refractivity contribution in [3.8, 4) is 0 Å². The summed E-state index contributed by atoms with van der Waals surface area (Å²) in [6.45, 7) is 6.87. The predicted octanol–water partition coefficient (Wildman–Crippen LogP) is 4.04. The van der Waals surface area contributed by atoms with E-state index in [2.05, 4.69) is 19.6 Å². The number of hydrogen-bond acceptors (Lipinski definition) is 4. The molecular formula is C21H29NO4SSi. The topological polar surface area (TPSA) is 63.7 Å². The van der Waals surface area contributed by atoms with E-state index in [9.17, 15) is 13.2 Å². The van der Waals surface area contributed by atoms with Gasteiger partial charge >= 0.3 is 5.97 Å². The van der Waals surface area contributed by atoms with E-state index >= 15 is 0 Å². The van der Waals surface area contributed by atoms with Gasteiger partial charge in [0.05, 0.1) is 24.8 Å². The molecule has 1 aliphatic heterocycles. The number of fused-ring (bicyclic) bond motifs is 1. The molecule has 0 aromatic heterocycles. The van der Waals surface area contributed by atoms with Gasteiger partial charge in [0.1, 0.15) is 0 Å². The summed E-state index contributed by atoms with van der Waals surface area (Å²) in [6.07, 6.45) is 0.482. The Labute approximate surface area is 168 Å². The summed E-state index contributed by atoms with van der Waals surface area (Å²) in [6, 6.07) is 14.1. The first-order valence-electron chi connectivity index (χ1n) is 9.68. The smallest absolute Gasteiger partial charge is 0.310 e. The maximum atomic E-state index is 13.2. The molecule has 5 nitrogen and oxygen atoms in total. The maximum absolute atomic E-state index is 13.2. The molecule has 0 amide bonds. The molecule has 0 spiro atoms. The zero-order chi connectivity index (χ0) is 20.5. The van der Waals surface area contributed by atoms with Crippen LogP contribution < -0.4 is 0 Å². The second-order valence-electron chi connectivity index (χ2n) is 8.71. The number of nitrogens with zero attached hydrogens (tertiary/aromatic N) is 1.